The molecule has 0 aromatic heterocycles. The van der Waals surface area contributed by atoms with E-state index in [2.05, 4.69) is 0 Å². The van der Waals surface area contributed by atoms with Crippen molar-refractivity contribution in [1.29, 1.82) is 0 Å². The van der Waals surface area contributed by atoms with Crippen molar-refractivity contribution in [3.63, 3.8) is 0 Å². The summed E-state index contributed by atoms with van der Waals surface area (Å²) in [7, 11) is 1.81. The van der Waals surface area contributed by atoms with Gasteiger partial charge in [-0.25, -0.2) is 0 Å². The van der Waals surface area contributed by atoms with Crippen LogP contribution in [0.3, 0.4) is 0 Å². The Morgan fingerprint density at radius 1 is 1.55 bits per heavy atom. The molecule has 66 valence electrons. The predicted octanol–water partition coefficient (Wildman–Crippen LogP) is 0.592. The summed E-state index contributed by atoms with van der Waals surface area (Å²) in [6.07, 6.45) is 4.08. The first-order chi connectivity index (χ1) is 5.22. The van der Waals surface area contributed by atoms with Gasteiger partial charge in [-0.2, -0.15) is 0 Å². The van der Waals surface area contributed by atoms with Crippen LogP contribution in [0.25, 0.3) is 0 Å². The van der Waals surface area contributed by atoms with Crippen molar-refractivity contribution in [3.8, 4) is 0 Å². The maximum absolute atomic E-state index is 10.3. The second-order valence-electron chi connectivity index (χ2n) is 2.90. The van der Waals surface area contributed by atoms with E-state index in [9.17, 15) is 4.79 Å². The number of rotatable bonds is 6. The first-order valence-electron chi connectivity index (χ1n) is 4.09. The molecule has 11 heavy (non-hydrogen) atoms. The van der Waals surface area contributed by atoms with Gasteiger partial charge in [-0.15, -0.1) is 0 Å². The maximum Gasteiger partial charge on any atom is 0.209 e. The van der Waals surface area contributed by atoms with Crippen LogP contribution in [-0.2, 0) is 4.79 Å². The molecular formula is C8H18N2O. The molecule has 0 aliphatic rings. The summed E-state index contributed by atoms with van der Waals surface area (Å²) >= 11 is 0. The van der Waals surface area contributed by atoms with Gasteiger partial charge in [0, 0.05) is 13.1 Å². The van der Waals surface area contributed by atoms with Gasteiger partial charge in [-0.3, -0.25) is 4.79 Å². The smallest absolute Gasteiger partial charge is 0.209 e. The molecule has 0 aromatic carbocycles. The Hall–Kier alpha value is -0.570. The lowest BCUT2D eigenvalue weighted by atomic mass is 10.1. The molecule has 0 aromatic rings. The zero-order chi connectivity index (χ0) is 8.69. The molecule has 0 spiro atoms. The lowest BCUT2D eigenvalue weighted by molar-refractivity contribution is -0.118. The second kappa shape index (κ2) is 6.16. The summed E-state index contributed by atoms with van der Waals surface area (Å²) < 4.78 is 0. The van der Waals surface area contributed by atoms with Crippen LogP contribution in [0.15, 0.2) is 0 Å². The lowest BCUT2D eigenvalue weighted by Gasteiger charge is -2.19. The molecule has 0 heterocycles. The predicted molar refractivity (Wildman–Crippen MR) is 46.2 cm³/mol. The SMILES string of the molecule is CC(CCCCN)N(C)C=O. The van der Waals surface area contributed by atoms with Gasteiger partial charge in [-0.1, -0.05) is 6.42 Å². The minimum atomic E-state index is 0.346. The van der Waals surface area contributed by atoms with Crippen molar-refractivity contribution in [2.45, 2.75) is 32.2 Å². The number of hydrogen-bond donors (Lipinski definition) is 1. The minimum absolute atomic E-state index is 0.346. The van der Waals surface area contributed by atoms with E-state index in [4.69, 9.17) is 5.73 Å². The van der Waals surface area contributed by atoms with Gasteiger partial charge in [0.1, 0.15) is 0 Å². The lowest BCUT2D eigenvalue weighted by Crippen LogP contribution is -2.27. The number of nitrogens with two attached hydrogens (primary N) is 1. The van der Waals surface area contributed by atoms with Crippen LogP contribution in [0.5, 0.6) is 0 Å². The van der Waals surface area contributed by atoms with Gasteiger partial charge in [-0.05, 0) is 26.3 Å². The van der Waals surface area contributed by atoms with E-state index in [1.807, 2.05) is 6.92 Å². The molecule has 3 heteroatoms. The molecule has 0 saturated heterocycles. The fraction of sp³-hybridized carbons (Fsp3) is 0.875. The number of amides is 1. The molecule has 0 rings (SSSR count). The van der Waals surface area contributed by atoms with Gasteiger partial charge in [0.2, 0.25) is 6.41 Å². The topological polar surface area (TPSA) is 46.3 Å². The zero-order valence-corrected chi connectivity index (χ0v) is 7.42. The third kappa shape index (κ3) is 4.79. The zero-order valence-electron chi connectivity index (χ0n) is 7.42. The van der Waals surface area contributed by atoms with Crippen molar-refractivity contribution < 1.29 is 4.79 Å². The van der Waals surface area contributed by atoms with Crippen LogP contribution in [0.2, 0.25) is 0 Å². The highest BCUT2D eigenvalue weighted by molar-refractivity contribution is 5.46. The Kier molecular flexibility index (Phi) is 5.84. The summed E-state index contributed by atoms with van der Waals surface area (Å²) in [4.78, 5) is 12.0. The monoisotopic (exact) mass is 158 g/mol. The fourth-order valence-corrected chi connectivity index (χ4v) is 0.892. The molecule has 0 bridgehead atoms. The number of carbonyl (C=O) groups is 1. The van der Waals surface area contributed by atoms with Crippen LogP contribution >= 0.6 is 0 Å². The minimum Gasteiger partial charge on any atom is -0.346 e. The molecule has 0 aliphatic heterocycles. The Morgan fingerprint density at radius 3 is 2.64 bits per heavy atom. The van der Waals surface area contributed by atoms with E-state index in [0.29, 0.717) is 6.04 Å². The van der Waals surface area contributed by atoms with Crippen molar-refractivity contribution in [3.05, 3.63) is 0 Å². The average Bonchev–Trinajstić information content (AvgIpc) is 2.03. The van der Waals surface area contributed by atoms with Crippen molar-refractivity contribution >= 4 is 6.41 Å². The van der Waals surface area contributed by atoms with Gasteiger partial charge >= 0.3 is 0 Å². The third-order valence-corrected chi connectivity index (χ3v) is 1.94. The van der Waals surface area contributed by atoms with Crippen LogP contribution in [0.4, 0.5) is 0 Å². The van der Waals surface area contributed by atoms with Crippen molar-refractivity contribution in [2.24, 2.45) is 5.73 Å². The Bertz CT molecular complexity index is 106. The first kappa shape index (κ1) is 10.4. The summed E-state index contributed by atoms with van der Waals surface area (Å²) in [5.41, 5.74) is 5.34. The number of hydrogen-bond acceptors (Lipinski definition) is 2. The Balaban J connectivity index is 3.35. The first-order valence-corrected chi connectivity index (χ1v) is 4.09. The Morgan fingerprint density at radius 2 is 2.18 bits per heavy atom. The third-order valence-electron chi connectivity index (χ3n) is 1.94. The van der Waals surface area contributed by atoms with E-state index in [-0.39, 0.29) is 0 Å². The molecule has 1 unspecified atom stereocenters. The highest BCUT2D eigenvalue weighted by Gasteiger charge is 2.04. The highest BCUT2D eigenvalue weighted by Crippen LogP contribution is 2.03. The van der Waals surface area contributed by atoms with E-state index >= 15 is 0 Å². The molecule has 1 atom stereocenters. The number of nitrogens with zero attached hydrogens (tertiary/aromatic N) is 1. The van der Waals surface area contributed by atoms with E-state index in [1.54, 1.807) is 11.9 Å². The molecule has 0 saturated carbocycles. The molecule has 3 nitrogen and oxygen atoms in total. The van der Waals surface area contributed by atoms with E-state index in [1.165, 1.54) is 0 Å². The summed E-state index contributed by atoms with van der Waals surface area (Å²) in [6, 6.07) is 0.346. The second-order valence-corrected chi connectivity index (χ2v) is 2.90. The molecule has 1 amide bonds. The normalized spacial score (nSPS) is 12.6. The van der Waals surface area contributed by atoms with Gasteiger partial charge in [0.25, 0.3) is 0 Å². The maximum atomic E-state index is 10.3. The van der Waals surface area contributed by atoms with E-state index < -0.39 is 0 Å². The van der Waals surface area contributed by atoms with Crippen molar-refractivity contribution in [1.82, 2.24) is 4.90 Å². The van der Waals surface area contributed by atoms with Crippen LogP contribution < -0.4 is 5.73 Å². The largest absolute Gasteiger partial charge is 0.346 e. The molecular weight excluding hydrogens is 140 g/mol. The van der Waals surface area contributed by atoms with Gasteiger partial charge in [0.05, 0.1) is 0 Å². The molecule has 0 fully saturated rings. The number of carbonyl (C=O) groups excluding carboxylic acids is 1. The van der Waals surface area contributed by atoms with Gasteiger partial charge in [0.15, 0.2) is 0 Å². The van der Waals surface area contributed by atoms with Crippen molar-refractivity contribution in [2.75, 3.05) is 13.6 Å². The standard InChI is InChI=1S/C8H18N2O/c1-8(10(2)7-11)5-3-4-6-9/h7-8H,3-6,9H2,1-2H3. The average molecular weight is 158 g/mol. The fourth-order valence-electron chi connectivity index (χ4n) is 0.892. The summed E-state index contributed by atoms with van der Waals surface area (Å²) in [5.74, 6) is 0. The van der Waals surface area contributed by atoms with Crippen LogP contribution in [-0.4, -0.2) is 30.9 Å². The number of unbranched alkanes of at least 4 members (excludes halogenated alkanes) is 1. The van der Waals surface area contributed by atoms with Crippen LogP contribution in [0.1, 0.15) is 26.2 Å². The molecule has 0 radical (unpaired) electrons. The molecule has 0 aliphatic carbocycles. The van der Waals surface area contributed by atoms with Crippen LogP contribution in [0, 0.1) is 0 Å². The quantitative estimate of drug-likeness (QED) is 0.454. The Labute approximate surface area is 68.6 Å². The van der Waals surface area contributed by atoms with E-state index in [0.717, 1.165) is 32.2 Å². The highest BCUT2D eigenvalue weighted by atomic mass is 16.1. The van der Waals surface area contributed by atoms with Gasteiger partial charge < -0.3 is 10.6 Å². The molecule has 2 N–H and O–H groups in total. The summed E-state index contributed by atoms with van der Waals surface area (Å²) in [6.45, 7) is 2.79. The summed E-state index contributed by atoms with van der Waals surface area (Å²) in [5, 5.41) is 0.